The summed E-state index contributed by atoms with van der Waals surface area (Å²) in [7, 11) is 0. The van der Waals surface area contributed by atoms with Crippen LogP contribution in [0.1, 0.15) is 67.4 Å². The average Bonchev–Trinajstić information content (AvgIpc) is 3.04. The number of aryl methyl sites for hydroxylation is 1. The smallest absolute Gasteiger partial charge is 0.336 e. The molecule has 0 aliphatic heterocycles. The molecule has 2 N–H and O–H groups in total. The van der Waals surface area contributed by atoms with E-state index < -0.39 is 11.8 Å². The number of carbonyl (C=O) groups excluding carboxylic acids is 2. The fourth-order valence-electron chi connectivity index (χ4n) is 5.20. The first-order valence-electron chi connectivity index (χ1n) is 15.7. The van der Waals surface area contributed by atoms with Gasteiger partial charge in [0, 0.05) is 18.8 Å². The molecule has 0 spiro atoms. The number of nitrogens with one attached hydrogen (secondary N) is 1. The van der Waals surface area contributed by atoms with E-state index in [1.165, 1.54) is 18.2 Å². The van der Waals surface area contributed by atoms with Gasteiger partial charge in [0.2, 0.25) is 6.08 Å². The zero-order valence-corrected chi connectivity index (χ0v) is 26.8. The highest BCUT2D eigenvalue weighted by atomic mass is 19.1. The van der Waals surface area contributed by atoms with Crippen molar-refractivity contribution in [1.82, 2.24) is 4.90 Å². The Bertz CT molecular complexity index is 1450. The Balaban J connectivity index is 0.000000549. The molecule has 2 amide bonds. The molecule has 46 heavy (non-hydrogen) atoms. The molecular formula is C36H44FN3O6. The fraction of sp³-hybridized carbons (Fsp3) is 0.417. The highest BCUT2D eigenvalue weighted by Gasteiger charge is 2.25. The molecule has 1 saturated carbocycles. The van der Waals surface area contributed by atoms with Gasteiger partial charge in [-0.05, 0) is 80.0 Å². The summed E-state index contributed by atoms with van der Waals surface area (Å²) in [5, 5.41) is 12.3. The summed E-state index contributed by atoms with van der Waals surface area (Å²) in [5.41, 5.74) is 2.78. The van der Waals surface area contributed by atoms with Crippen molar-refractivity contribution in [2.45, 2.75) is 71.7 Å². The molecule has 246 valence electrons. The zero-order chi connectivity index (χ0) is 33.3. The Morgan fingerprint density at radius 3 is 2.46 bits per heavy atom. The molecule has 0 radical (unpaired) electrons. The predicted molar refractivity (Wildman–Crippen MR) is 176 cm³/mol. The highest BCUT2D eigenvalue weighted by molar-refractivity contribution is 5.91. The van der Waals surface area contributed by atoms with Crippen molar-refractivity contribution in [3.05, 3.63) is 95.3 Å². The van der Waals surface area contributed by atoms with Crippen LogP contribution in [0.15, 0.2) is 77.8 Å². The Hall–Kier alpha value is -4.37. The van der Waals surface area contributed by atoms with Gasteiger partial charge in [-0.3, -0.25) is 0 Å². The number of rotatable bonds is 13. The second-order valence-corrected chi connectivity index (χ2v) is 11.4. The van der Waals surface area contributed by atoms with Crippen molar-refractivity contribution in [2.24, 2.45) is 10.9 Å². The highest BCUT2D eigenvalue weighted by Crippen LogP contribution is 2.26. The third-order valence-electron chi connectivity index (χ3n) is 7.86. The first-order chi connectivity index (χ1) is 22.2. The van der Waals surface area contributed by atoms with Gasteiger partial charge in [-0.1, -0.05) is 62.7 Å². The van der Waals surface area contributed by atoms with E-state index in [9.17, 15) is 23.9 Å². The van der Waals surface area contributed by atoms with E-state index in [2.05, 4.69) is 24.2 Å². The van der Waals surface area contributed by atoms with Gasteiger partial charge in [0.15, 0.2) is 0 Å². The van der Waals surface area contributed by atoms with Crippen LogP contribution in [0.2, 0.25) is 0 Å². The summed E-state index contributed by atoms with van der Waals surface area (Å²) >= 11 is 0. The van der Waals surface area contributed by atoms with E-state index in [1.807, 2.05) is 24.3 Å². The van der Waals surface area contributed by atoms with E-state index in [0.717, 1.165) is 37.7 Å². The lowest BCUT2D eigenvalue weighted by molar-refractivity contribution is -0.0525. The van der Waals surface area contributed by atoms with Gasteiger partial charge in [0.25, 0.3) is 0 Å². The summed E-state index contributed by atoms with van der Waals surface area (Å²) in [6.45, 7) is 7.63. The Kier molecular flexibility index (Phi) is 15.1. The van der Waals surface area contributed by atoms with Crippen LogP contribution in [-0.4, -0.2) is 60.0 Å². The number of anilines is 1. The van der Waals surface area contributed by atoms with E-state index in [0.29, 0.717) is 48.1 Å². The molecule has 0 saturated heterocycles. The van der Waals surface area contributed by atoms with Crippen molar-refractivity contribution >= 4 is 29.5 Å². The number of hydrogen-bond donors (Lipinski definition) is 2. The molecule has 3 unspecified atom stereocenters. The summed E-state index contributed by atoms with van der Waals surface area (Å²) in [5.74, 6) is -1.02. The molecule has 0 heterocycles. The van der Waals surface area contributed by atoms with Crippen LogP contribution in [0.25, 0.3) is 0 Å². The van der Waals surface area contributed by atoms with E-state index >= 15 is 0 Å². The lowest BCUT2D eigenvalue weighted by Gasteiger charge is -2.31. The maximum Gasteiger partial charge on any atom is 0.336 e. The zero-order valence-electron chi connectivity index (χ0n) is 26.8. The number of halogens is 1. The maximum atomic E-state index is 13.5. The summed E-state index contributed by atoms with van der Waals surface area (Å²) in [6.07, 6.45) is 5.94. The number of benzene rings is 3. The third kappa shape index (κ3) is 12.2. The number of nitrogens with zero attached hydrogens (tertiary/aromatic N) is 2. The monoisotopic (exact) mass is 633 g/mol. The van der Waals surface area contributed by atoms with Crippen LogP contribution < -0.4 is 5.32 Å². The average molecular weight is 634 g/mol. The number of carbonyl (C=O) groups is 2. The Morgan fingerprint density at radius 1 is 1.07 bits per heavy atom. The number of aromatic carboxylic acids is 1. The van der Waals surface area contributed by atoms with Crippen LogP contribution in [-0.2, 0) is 20.9 Å². The number of ether oxygens (including phenoxy) is 2. The van der Waals surface area contributed by atoms with E-state index in [-0.39, 0.29) is 24.8 Å². The van der Waals surface area contributed by atoms with Crippen LogP contribution in [0.5, 0.6) is 0 Å². The maximum absolute atomic E-state index is 13.5. The summed E-state index contributed by atoms with van der Waals surface area (Å²) < 4.78 is 25.8. The van der Waals surface area contributed by atoms with Crippen molar-refractivity contribution in [3.63, 3.8) is 0 Å². The lowest BCUT2D eigenvalue weighted by Crippen LogP contribution is -2.41. The molecule has 1 aliphatic rings. The second-order valence-electron chi connectivity index (χ2n) is 11.4. The SMILES string of the molecule is CCC(C)CN(CCOC1CCCC(OCc2cccc(C)c2C(=O)O)C1)C(=O)Nc1cccc(F)c1.O=C=Nc1ccccc1. The van der Waals surface area contributed by atoms with Crippen LogP contribution in [0, 0.1) is 18.7 Å². The van der Waals surface area contributed by atoms with E-state index in [4.69, 9.17) is 9.47 Å². The molecule has 10 heteroatoms. The van der Waals surface area contributed by atoms with Gasteiger partial charge in [-0.25, -0.2) is 18.8 Å². The van der Waals surface area contributed by atoms with Gasteiger partial charge < -0.3 is 24.8 Å². The molecule has 9 nitrogen and oxygen atoms in total. The standard InChI is InChI=1S/C29H39FN2O5.C7H5NO/c1-4-20(2)18-32(29(35)31-24-11-6-10-23(30)16-24)14-15-36-25-12-7-13-26(17-25)37-19-22-9-5-8-21(3)27(22)28(33)34;9-6-8-7-4-2-1-3-5-7/h5-6,8-11,16,20,25-26H,4,7,12-15,17-19H2,1-3H3,(H,31,35)(H,33,34);1-5H. The second kappa shape index (κ2) is 19.2. The molecule has 0 bridgehead atoms. The number of amides is 2. The predicted octanol–water partition coefficient (Wildman–Crippen LogP) is 7.91. The molecular weight excluding hydrogens is 589 g/mol. The molecule has 1 fully saturated rings. The molecule has 3 atom stereocenters. The minimum Gasteiger partial charge on any atom is -0.478 e. The lowest BCUT2D eigenvalue weighted by atomic mass is 9.94. The number of hydrogen-bond acceptors (Lipinski definition) is 6. The first-order valence-corrected chi connectivity index (χ1v) is 15.7. The van der Waals surface area contributed by atoms with Gasteiger partial charge in [-0.2, -0.15) is 4.99 Å². The number of carboxylic acids is 1. The van der Waals surface area contributed by atoms with Crippen molar-refractivity contribution in [2.75, 3.05) is 25.0 Å². The van der Waals surface area contributed by atoms with Crippen LogP contribution in [0.3, 0.4) is 0 Å². The van der Waals surface area contributed by atoms with Crippen molar-refractivity contribution in [3.8, 4) is 0 Å². The summed E-state index contributed by atoms with van der Waals surface area (Å²) in [6, 6.07) is 20.0. The van der Waals surface area contributed by atoms with Gasteiger partial charge >= 0.3 is 12.0 Å². The molecule has 3 aromatic carbocycles. The number of urea groups is 1. The quantitative estimate of drug-likeness (QED) is 0.146. The molecule has 4 rings (SSSR count). The summed E-state index contributed by atoms with van der Waals surface area (Å²) in [4.78, 5) is 39.4. The minimum absolute atomic E-state index is 0.00611. The normalized spacial score (nSPS) is 16.3. The van der Waals surface area contributed by atoms with Gasteiger partial charge in [0.05, 0.1) is 36.7 Å². The van der Waals surface area contributed by atoms with Gasteiger partial charge in [0.1, 0.15) is 5.82 Å². The number of carboxylic acid groups (broad SMARTS) is 1. The first kappa shape index (κ1) is 36.1. The molecule has 0 aromatic heterocycles. The third-order valence-corrected chi connectivity index (χ3v) is 7.86. The molecule has 1 aliphatic carbocycles. The number of isocyanates is 1. The fourth-order valence-corrected chi connectivity index (χ4v) is 5.20. The Labute approximate surface area is 270 Å². The number of para-hydroxylation sites is 1. The topological polar surface area (TPSA) is 118 Å². The van der Waals surface area contributed by atoms with Gasteiger partial charge in [-0.15, -0.1) is 0 Å². The Morgan fingerprint density at radius 2 is 1.78 bits per heavy atom. The van der Waals surface area contributed by atoms with Crippen LogP contribution in [0.4, 0.5) is 20.6 Å². The van der Waals surface area contributed by atoms with Crippen molar-refractivity contribution in [1.29, 1.82) is 0 Å². The number of aliphatic imine (C=N–C) groups is 1. The van der Waals surface area contributed by atoms with E-state index in [1.54, 1.807) is 48.2 Å². The largest absolute Gasteiger partial charge is 0.478 e. The minimum atomic E-state index is -0.940. The molecule has 3 aromatic rings. The van der Waals surface area contributed by atoms with Crippen molar-refractivity contribution < 1.29 is 33.4 Å². The van der Waals surface area contributed by atoms with Crippen LogP contribution >= 0.6 is 0 Å².